The smallest absolute Gasteiger partial charge is 0.322 e. The molecule has 43 heavy (non-hydrogen) atoms. The lowest BCUT2D eigenvalue weighted by Gasteiger charge is -2.23. The van der Waals surface area contributed by atoms with Gasteiger partial charge in [0.15, 0.2) is 0 Å². The van der Waals surface area contributed by atoms with Crippen LogP contribution >= 0.6 is 11.8 Å². The summed E-state index contributed by atoms with van der Waals surface area (Å²) in [5, 5.41) is 41.6. The number of rotatable bonds is 25. The Morgan fingerprint density at radius 3 is 2.23 bits per heavy atom. The second-order valence-electron chi connectivity index (χ2n) is 9.77. The number of thioether (sulfide) groups is 1. The highest BCUT2D eigenvalue weighted by Crippen LogP contribution is 2.22. The molecule has 242 valence electrons. The molecule has 0 rings (SSSR count). The molecule has 0 unspecified atom stereocenters. The molecule has 8 N–H and O–H groups in total. The maximum atomic E-state index is 12.6. The van der Waals surface area contributed by atoms with Crippen molar-refractivity contribution in [1.29, 1.82) is 0 Å². The summed E-state index contributed by atoms with van der Waals surface area (Å²) in [6, 6.07) is -2.45. The Kier molecular flexibility index (Phi) is 23.1. The first kappa shape index (κ1) is 39.6. The van der Waals surface area contributed by atoms with Gasteiger partial charge in [0.1, 0.15) is 18.6 Å². The van der Waals surface area contributed by atoms with E-state index >= 15 is 0 Å². The van der Waals surface area contributed by atoms with E-state index in [4.69, 9.17) is 21.1 Å². The van der Waals surface area contributed by atoms with Crippen molar-refractivity contribution in [3.05, 3.63) is 48.6 Å². The third-order valence-electron chi connectivity index (χ3n) is 5.97. The Hall–Kier alpha value is -3.42. The molecule has 12 nitrogen and oxygen atoms in total. The number of carboxylic acid groups (broad SMARTS) is 3. The number of unbranched alkanes of at least 4 members (excludes halogenated alkanes) is 3. The number of hydrogen-bond donors (Lipinski definition) is 7. The van der Waals surface area contributed by atoms with Gasteiger partial charge < -0.3 is 36.8 Å². The SMILES string of the molecule is CCCCC/C=C/C/C=C/C=C/C=C/[C@H](SC[C@H](NC(=O)CC[C@@H](N)C(=O)O)C(=O)NCC(=O)O)[C@@H](O)CCCC(=O)O. The van der Waals surface area contributed by atoms with E-state index < -0.39 is 59.7 Å². The van der Waals surface area contributed by atoms with Gasteiger partial charge in [-0.1, -0.05) is 68.4 Å². The molecule has 2 amide bonds. The molecule has 0 aromatic carbocycles. The van der Waals surface area contributed by atoms with E-state index in [0.29, 0.717) is 0 Å². The van der Waals surface area contributed by atoms with E-state index in [1.165, 1.54) is 19.3 Å². The molecule has 13 heteroatoms. The molecular weight excluding hydrogens is 578 g/mol. The molecular formula is C30H47N3O9S. The van der Waals surface area contributed by atoms with Crippen molar-refractivity contribution in [3.63, 3.8) is 0 Å². The van der Waals surface area contributed by atoms with Crippen molar-refractivity contribution in [1.82, 2.24) is 10.6 Å². The van der Waals surface area contributed by atoms with Crippen molar-refractivity contribution < 1.29 is 44.4 Å². The molecule has 0 aromatic heterocycles. The molecule has 0 aromatic rings. The van der Waals surface area contributed by atoms with Crippen molar-refractivity contribution in [2.45, 2.75) is 94.6 Å². The van der Waals surface area contributed by atoms with Gasteiger partial charge in [0.05, 0.1) is 6.10 Å². The summed E-state index contributed by atoms with van der Waals surface area (Å²) in [4.78, 5) is 57.8. The zero-order chi connectivity index (χ0) is 32.5. The third kappa shape index (κ3) is 22.8. The Labute approximate surface area is 257 Å². The maximum absolute atomic E-state index is 12.6. The minimum atomic E-state index is -1.28. The van der Waals surface area contributed by atoms with Gasteiger partial charge in [0, 0.05) is 23.8 Å². The van der Waals surface area contributed by atoms with Gasteiger partial charge in [-0.3, -0.25) is 24.0 Å². The number of nitrogens with two attached hydrogens (primary N) is 1. The molecule has 4 atom stereocenters. The highest BCUT2D eigenvalue weighted by atomic mass is 32.2. The second kappa shape index (κ2) is 25.1. The topological polar surface area (TPSA) is 216 Å². The summed E-state index contributed by atoms with van der Waals surface area (Å²) >= 11 is 1.13. The zero-order valence-electron chi connectivity index (χ0n) is 24.7. The zero-order valence-corrected chi connectivity index (χ0v) is 25.5. The predicted octanol–water partition coefficient (Wildman–Crippen LogP) is 2.78. The highest BCUT2D eigenvalue weighted by molar-refractivity contribution is 8.00. The number of carbonyl (C=O) groups is 5. The average Bonchev–Trinajstić information content (AvgIpc) is 2.95. The number of aliphatic carboxylic acids is 3. The van der Waals surface area contributed by atoms with Gasteiger partial charge in [-0.05, 0) is 38.5 Å². The number of nitrogens with one attached hydrogen (secondary N) is 2. The van der Waals surface area contributed by atoms with Crippen molar-refractivity contribution in [3.8, 4) is 0 Å². The van der Waals surface area contributed by atoms with E-state index in [9.17, 15) is 29.1 Å². The van der Waals surface area contributed by atoms with Gasteiger partial charge in [0.25, 0.3) is 0 Å². The number of carbonyl (C=O) groups excluding carboxylic acids is 2. The van der Waals surface area contributed by atoms with Crippen LogP contribution in [0.15, 0.2) is 48.6 Å². The molecule has 0 aliphatic carbocycles. The molecule has 0 aliphatic rings. The summed E-state index contributed by atoms with van der Waals surface area (Å²) in [6.07, 6.45) is 19.5. The number of amides is 2. The normalized spacial score (nSPS) is 14.7. The largest absolute Gasteiger partial charge is 0.481 e. The second-order valence-corrected chi connectivity index (χ2v) is 11.0. The Balaban J connectivity index is 5.38. The first-order valence-corrected chi connectivity index (χ1v) is 15.5. The van der Waals surface area contributed by atoms with Crippen LogP contribution in [0.5, 0.6) is 0 Å². The maximum Gasteiger partial charge on any atom is 0.322 e. The molecule has 0 radical (unpaired) electrons. The molecule has 0 fully saturated rings. The summed E-state index contributed by atoms with van der Waals surface area (Å²) in [5.41, 5.74) is 5.43. The average molecular weight is 626 g/mol. The third-order valence-corrected chi connectivity index (χ3v) is 7.36. The number of aliphatic hydroxyl groups is 1. The van der Waals surface area contributed by atoms with Crippen LogP contribution in [0, 0.1) is 0 Å². The van der Waals surface area contributed by atoms with E-state index in [1.54, 1.807) is 18.2 Å². The van der Waals surface area contributed by atoms with Crippen molar-refractivity contribution >= 4 is 41.5 Å². The fourth-order valence-electron chi connectivity index (χ4n) is 3.54. The predicted molar refractivity (Wildman–Crippen MR) is 166 cm³/mol. The van der Waals surface area contributed by atoms with Crippen LogP contribution in [0.25, 0.3) is 0 Å². The molecule has 0 spiro atoms. The summed E-state index contributed by atoms with van der Waals surface area (Å²) in [7, 11) is 0. The Bertz CT molecular complexity index is 982. The van der Waals surface area contributed by atoms with Gasteiger partial charge in [-0.15, -0.1) is 11.8 Å². The van der Waals surface area contributed by atoms with Gasteiger partial charge >= 0.3 is 17.9 Å². The van der Waals surface area contributed by atoms with Crippen LogP contribution in [0.2, 0.25) is 0 Å². The first-order valence-electron chi connectivity index (χ1n) is 14.4. The fourth-order valence-corrected chi connectivity index (χ4v) is 4.75. The summed E-state index contributed by atoms with van der Waals surface area (Å²) in [5.74, 6) is -5.01. The lowest BCUT2D eigenvalue weighted by molar-refractivity contribution is -0.139. The van der Waals surface area contributed by atoms with Gasteiger partial charge in [-0.25, -0.2) is 0 Å². The first-order chi connectivity index (χ1) is 20.5. The monoisotopic (exact) mass is 625 g/mol. The van der Waals surface area contributed by atoms with Crippen LogP contribution in [0.1, 0.15) is 71.1 Å². The van der Waals surface area contributed by atoms with Crippen molar-refractivity contribution in [2.24, 2.45) is 5.73 Å². The minimum absolute atomic E-state index is 0.0542. The Morgan fingerprint density at radius 1 is 0.860 bits per heavy atom. The van der Waals surface area contributed by atoms with Gasteiger partial charge in [-0.2, -0.15) is 0 Å². The van der Waals surface area contributed by atoms with Crippen LogP contribution in [-0.2, 0) is 24.0 Å². The quantitative estimate of drug-likeness (QED) is 0.0444. The van der Waals surface area contributed by atoms with Crippen LogP contribution in [0.4, 0.5) is 0 Å². The van der Waals surface area contributed by atoms with Crippen LogP contribution in [0.3, 0.4) is 0 Å². The van der Waals surface area contributed by atoms with E-state index in [-0.39, 0.29) is 37.9 Å². The van der Waals surface area contributed by atoms with Crippen LogP contribution in [-0.4, -0.2) is 85.9 Å². The number of aliphatic hydroxyl groups excluding tert-OH is 1. The van der Waals surface area contributed by atoms with E-state index in [0.717, 1.165) is 24.6 Å². The summed E-state index contributed by atoms with van der Waals surface area (Å²) in [6.45, 7) is 1.49. The molecule has 0 saturated heterocycles. The van der Waals surface area contributed by atoms with Crippen LogP contribution < -0.4 is 16.4 Å². The van der Waals surface area contributed by atoms with Gasteiger partial charge in [0.2, 0.25) is 11.8 Å². The number of hydrogen-bond acceptors (Lipinski definition) is 8. The minimum Gasteiger partial charge on any atom is -0.481 e. The lowest BCUT2D eigenvalue weighted by Crippen LogP contribution is -2.50. The highest BCUT2D eigenvalue weighted by Gasteiger charge is 2.25. The molecule has 0 bridgehead atoms. The molecule has 0 aliphatic heterocycles. The Morgan fingerprint density at radius 2 is 1.58 bits per heavy atom. The summed E-state index contributed by atoms with van der Waals surface area (Å²) < 4.78 is 0. The number of allylic oxidation sites excluding steroid dienone is 7. The fraction of sp³-hybridized carbons (Fsp3) is 0.567. The van der Waals surface area contributed by atoms with Crippen molar-refractivity contribution in [2.75, 3.05) is 12.3 Å². The lowest BCUT2D eigenvalue weighted by atomic mass is 10.1. The number of carboxylic acids is 3. The standard InChI is InChI=1S/C30H47N3O9S/c1-2-3-4-5-6-7-8-9-10-11-12-13-16-25(24(34)15-14-17-27(36)37)43-21-23(29(40)32-20-28(38)39)33-26(35)19-18-22(31)30(41)42/h6-7,9-13,16,22-25,34H,2-5,8,14-15,17-21,31H2,1H3,(H,32,40)(H,33,35)(H,36,37)(H,38,39)(H,41,42)/b7-6+,10-9+,12-11+,16-13+/t22-,23+,24+,25+/m1/s1. The molecule has 0 heterocycles. The van der Waals surface area contributed by atoms with E-state index in [1.807, 2.05) is 18.2 Å². The van der Waals surface area contributed by atoms with E-state index in [2.05, 4.69) is 29.7 Å². The molecule has 0 saturated carbocycles.